The fraction of sp³-hybridized carbons (Fsp3) is 0.538. The van der Waals surface area contributed by atoms with Gasteiger partial charge in [-0.25, -0.2) is 4.98 Å². The molecule has 0 aliphatic carbocycles. The van der Waals surface area contributed by atoms with E-state index in [9.17, 15) is 4.79 Å². The van der Waals surface area contributed by atoms with Crippen LogP contribution in [0.5, 0.6) is 0 Å². The zero-order valence-electron chi connectivity index (χ0n) is 11.3. The quantitative estimate of drug-likeness (QED) is 0.792. The first-order chi connectivity index (χ1) is 9.60. The Morgan fingerprint density at radius 1 is 1.35 bits per heavy atom. The van der Waals surface area contributed by atoms with E-state index in [1.54, 1.807) is 11.0 Å². The second-order valence-corrected chi connectivity index (χ2v) is 5.20. The summed E-state index contributed by atoms with van der Waals surface area (Å²) < 4.78 is 0. The topological polar surface area (TPSA) is 82.7 Å². The van der Waals surface area contributed by atoms with Gasteiger partial charge >= 0.3 is 0 Å². The van der Waals surface area contributed by atoms with E-state index >= 15 is 0 Å². The van der Waals surface area contributed by atoms with E-state index in [4.69, 9.17) is 22.4 Å². The molecule has 110 valence electrons. The largest absolute Gasteiger partial charge is 0.395 e. The van der Waals surface area contributed by atoms with Gasteiger partial charge in [0.15, 0.2) is 0 Å². The molecule has 0 unspecified atom stereocenters. The highest BCUT2D eigenvalue weighted by molar-refractivity contribution is 6.29. The van der Waals surface area contributed by atoms with Crippen LogP contribution in [0.1, 0.15) is 16.8 Å². The predicted molar refractivity (Wildman–Crippen MR) is 77.7 cm³/mol. The minimum Gasteiger partial charge on any atom is -0.395 e. The lowest BCUT2D eigenvalue weighted by molar-refractivity contribution is 0.0760. The van der Waals surface area contributed by atoms with Crippen molar-refractivity contribution in [3.05, 3.63) is 22.8 Å². The smallest absolute Gasteiger partial charge is 0.254 e. The van der Waals surface area contributed by atoms with Crippen LogP contribution in [0.2, 0.25) is 5.15 Å². The van der Waals surface area contributed by atoms with Crippen molar-refractivity contribution in [3.63, 3.8) is 0 Å². The zero-order chi connectivity index (χ0) is 14.5. The molecule has 2 rings (SSSR count). The van der Waals surface area contributed by atoms with Gasteiger partial charge in [-0.2, -0.15) is 0 Å². The number of amides is 1. The number of anilines is 1. The van der Waals surface area contributed by atoms with Crippen LogP contribution >= 0.6 is 11.6 Å². The summed E-state index contributed by atoms with van der Waals surface area (Å²) in [5, 5.41) is 9.19. The lowest BCUT2D eigenvalue weighted by Gasteiger charge is -2.21. The van der Waals surface area contributed by atoms with Gasteiger partial charge in [0.05, 0.1) is 6.61 Å². The molecule has 20 heavy (non-hydrogen) atoms. The van der Waals surface area contributed by atoms with E-state index in [2.05, 4.69) is 9.88 Å². The third kappa shape index (κ3) is 3.82. The molecule has 0 spiro atoms. The number of carbonyl (C=O) groups excluding carboxylic acids is 1. The van der Waals surface area contributed by atoms with Crippen molar-refractivity contribution < 1.29 is 9.90 Å². The van der Waals surface area contributed by atoms with Crippen LogP contribution < -0.4 is 5.73 Å². The lowest BCUT2D eigenvalue weighted by Crippen LogP contribution is -2.36. The van der Waals surface area contributed by atoms with Crippen LogP contribution in [-0.4, -0.2) is 65.1 Å². The highest BCUT2D eigenvalue weighted by Crippen LogP contribution is 2.15. The first-order valence-electron chi connectivity index (χ1n) is 6.65. The maximum atomic E-state index is 12.4. The number of pyridine rings is 1. The number of β-amino-alcohol motifs (C(OH)–C–C–N with tert-alkyl or cyclic N) is 1. The molecular weight excluding hydrogens is 280 g/mol. The fourth-order valence-corrected chi connectivity index (χ4v) is 2.58. The third-order valence-electron chi connectivity index (χ3n) is 3.35. The number of hydrogen-bond acceptors (Lipinski definition) is 5. The first kappa shape index (κ1) is 15.0. The highest BCUT2D eigenvalue weighted by Gasteiger charge is 2.20. The summed E-state index contributed by atoms with van der Waals surface area (Å²) in [6.45, 7) is 3.78. The van der Waals surface area contributed by atoms with Gasteiger partial charge in [-0.05, 0) is 25.1 Å². The Balaban J connectivity index is 2.05. The fourth-order valence-electron chi connectivity index (χ4n) is 2.36. The summed E-state index contributed by atoms with van der Waals surface area (Å²) in [7, 11) is 0. The Morgan fingerprint density at radius 2 is 2.15 bits per heavy atom. The molecule has 0 atom stereocenters. The van der Waals surface area contributed by atoms with E-state index in [0.29, 0.717) is 25.2 Å². The minimum atomic E-state index is -0.0770. The van der Waals surface area contributed by atoms with E-state index in [0.717, 1.165) is 19.5 Å². The second-order valence-electron chi connectivity index (χ2n) is 4.81. The Labute approximate surface area is 123 Å². The number of carbonyl (C=O) groups is 1. The SMILES string of the molecule is Nc1cc(C(=O)N2CCCN(CCO)CC2)cc(Cl)n1. The van der Waals surface area contributed by atoms with E-state index in [-0.39, 0.29) is 23.5 Å². The van der Waals surface area contributed by atoms with Gasteiger partial charge < -0.3 is 15.7 Å². The molecule has 3 N–H and O–H groups in total. The van der Waals surface area contributed by atoms with Crippen molar-refractivity contribution >= 4 is 23.3 Å². The van der Waals surface area contributed by atoms with Crippen LogP contribution in [0, 0.1) is 0 Å². The Hall–Kier alpha value is -1.37. The molecule has 0 saturated carbocycles. The second kappa shape index (κ2) is 6.88. The number of nitrogens with zero attached hydrogens (tertiary/aromatic N) is 3. The molecule has 1 amide bonds. The molecule has 0 aromatic carbocycles. The number of nitrogens with two attached hydrogens (primary N) is 1. The van der Waals surface area contributed by atoms with Crippen LogP contribution in [0.3, 0.4) is 0 Å². The van der Waals surface area contributed by atoms with Crippen LogP contribution in [0.4, 0.5) is 5.82 Å². The lowest BCUT2D eigenvalue weighted by atomic mass is 10.2. The summed E-state index contributed by atoms with van der Waals surface area (Å²) in [4.78, 5) is 20.2. The third-order valence-corrected chi connectivity index (χ3v) is 3.55. The van der Waals surface area contributed by atoms with Gasteiger partial charge in [0.1, 0.15) is 11.0 Å². The summed E-state index contributed by atoms with van der Waals surface area (Å²) in [6, 6.07) is 3.08. The number of nitrogen functional groups attached to an aromatic ring is 1. The summed E-state index contributed by atoms with van der Waals surface area (Å²) >= 11 is 5.83. The monoisotopic (exact) mass is 298 g/mol. The molecule has 1 aromatic heterocycles. The maximum absolute atomic E-state index is 12.4. The van der Waals surface area contributed by atoms with Crippen molar-refractivity contribution in [1.82, 2.24) is 14.8 Å². The van der Waals surface area contributed by atoms with Gasteiger partial charge in [-0.1, -0.05) is 11.6 Å². The molecular formula is C13H19ClN4O2. The van der Waals surface area contributed by atoms with Gasteiger partial charge in [-0.3, -0.25) is 9.69 Å². The molecule has 1 aliphatic rings. The Morgan fingerprint density at radius 3 is 2.85 bits per heavy atom. The van der Waals surface area contributed by atoms with Crippen molar-refractivity contribution in [1.29, 1.82) is 0 Å². The highest BCUT2D eigenvalue weighted by atomic mass is 35.5. The van der Waals surface area contributed by atoms with Crippen LogP contribution in [0.25, 0.3) is 0 Å². The van der Waals surface area contributed by atoms with Crippen LogP contribution in [-0.2, 0) is 0 Å². The summed E-state index contributed by atoms with van der Waals surface area (Å²) in [6.07, 6.45) is 0.889. The molecule has 7 heteroatoms. The molecule has 1 aliphatic heterocycles. The van der Waals surface area contributed by atoms with Crippen LogP contribution in [0.15, 0.2) is 12.1 Å². The van der Waals surface area contributed by atoms with E-state index in [1.807, 2.05) is 0 Å². The molecule has 1 aromatic rings. The molecule has 2 heterocycles. The summed E-state index contributed by atoms with van der Waals surface area (Å²) in [5.41, 5.74) is 6.09. The number of aliphatic hydroxyl groups excluding tert-OH is 1. The minimum absolute atomic E-state index is 0.0770. The van der Waals surface area contributed by atoms with E-state index in [1.165, 1.54) is 6.07 Å². The standard InChI is InChI=1S/C13H19ClN4O2/c14-11-8-10(9-12(15)16-11)13(20)18-3-1-2-17(4-5-18)6-7-19/h8-9,19H,1-7H2,(H2,15,16). The summed E-state index contributed by atoms with van der Waals surface area (Å²) in [5.74, 6) is 0.171. The van der Waals surface area contributed by atoms with Crippen molar-refractivity contribution in [2.75, 3.05) is 45.1 Å². The average molecular weight is 299 g/mol. The van der Waals surface area contributed by atoms with Crippen molar-refractivity contribution in [2.24, 2.45) is 0 Å². The number of rotatable bonds is 3. The van der Waals surface area contributed by atoms with Gasteiger partial charge in [0, 0.05) is 31.7 Å². The predicted octanol–water partition coefficient (Wildman–Crippen LogP) is 0.457. The number of aromatic nitrogens is 1. The Kier molecular flexibility index (Phi) is 5.17. The number of hydrogen-bond donors (Lipinski definition) is 2. The number of aliphatic hydroxyl groups is 1. The molecule has 0 bridgehead atoms. The number of halogens is 1. The van der Waals surface area contributed by atoms with E-state index < -0.39 is 0 Å². The average Bonchev–Trinajstić information content (AvgIpc) is 2.63. The first-order valence-corrected chi connectivity index (χ1v) is 7.03. The Bertz CT molecular complexity index is 463. The maximum Gasteiger partial charge on any atom is 0.254 e. The molecule has 6 nitrogen and oxygen atoms in total. The molecule has 0 radical (unpaired) electrons. The van der Waals surface area contributed by atoms with Crippen molar-refractivity contribution in [2.45, 2.75) is 6.42 Å². The van der Waals surface area contributed by atoms with Gasteiger partial charge in [0.25, 0.3) is 5.91 Å². The van der Waals surface area contributed by atoms with Crippen molar-refractivity contribution in [3.8, 4) is 0 Å². The molecule has 1 fully saturated rings. The van der Waals surface area contributed by atoms with Gasteiger partial charge in [0.2, 0.25) is 0 Å². The molecule has 1 saturated heterocycles. The normalized spacial score (nSPS) is 17.0. The van der Waals surface area contributed by atoms with Gasteiger partial charge in [-0.15, -0.1) is 0 Å². The zero-order valence-corrected chi connectivity index (χ0v) is 12.0.